The highest BCUT2D eigenvalue weighted by Gasteiger charge is 2.50. The summed E-state index contributed by atoms with van der Waals surface area (Å²) in [5.74, 6) is -0.0677. The van der Waals surface area contributed by atoms with E-state index in [9.17, 15) is 4.79 Å². The third-order valence-corrected chi connectivity index (χ3v) is 5.35. The second kappa shape index (κ2) is 8.26. The molecule has 1 N–H and O–H groups in total. The lowest BCUT2D eigenvalue weighted by atomic mass is 9.76. The van der Waals surface area contributed by atoms with Crippen molar-refractivity contribution in [2.75, 3.05) is 0 Å². The van der Waals surface area contributed by atoms with Crippen molar-refractivity contribution in [1.82, 2.24) is 5.32 Å². The minimum absolute atomic E-state index is 0.0677. The van der Waals surface area contributed by atoms with Gasteiger partial charge in [0.1, 0.15) is 5.60 Å². The van der Waals surface area contributed by atoms with Gasteiger partial charge < -0.3 is 10.1 Å². The van der Waals surface area contributed by atoms with Crippen molar-refractivity contribution in [2.24, 2.45) is 5.41 Å². The van der Waals surface area contributed by atoms with Crippen LogP contribution in [0.3, 0.4) is 0 Å². The summed E-state index contributed by atoms with van der Waals surface area (Å²) in [5.41, 5.74) is 1.44. The first-order valence-corrected chi connectivity index (χ1v) is 9.94. The number of rotatable bonds is 6. The van der Waals surface area contributed by atoms with E-state index in [4.69, 9.17) is 4.74 Å². The molecule has 1 aliphatic carbocycles. The second-order valence-electron chi connectivity index (χ2n) is 8.63. The van der Waals surface area contributed by atoms with Crippen LogP contribution in [0.5, 0.6) is 0 Å². The number of hydrogen-bond acceptors (Lipinski definition) is 3. The summed E-state index contributed by atoms with van der Waals surface area (Å²) in [6.07, 6.45) is 3.62. The number of carbonyl (C=O) groups excluding carboxylic acids is 1. The maximum Gasteiger partial charge on any atom is 0.314 e. The topological polar surface area (TPSA) is 38.3 Å². The van der Waals surface area contributed by atoms with E-state index in [1.807, 2.05) is 45.0 Å². The summed E-state index contributed by atoms with van der Waals surface area (Å²) in [5, 5.41) is 3.67. The van der Waals surface area contributed by atoms with E-state index in [0.717, 1.165) is 32.2 Å². The van der Waals surface area contributed by atoms with Gasteiger partial charge in [0.2, 0.25) is 0 Å². The van der Waals surface area contributed by atoms with Crippen LogP contribution in [0.1, 0.15) is 51.2 Å². The molecule has 0 radical (unpaired) electrons. The SMILES string of the molecule is CC(C)(C)OC(=O)[C@]1(Cc2ccccc2)CCC[C@H]1NCc1ccccc1. The molecule has 0 saturated heterocycles. The van der Waals surface area contributed by atoms with Crippen LogP contribution < -0.4 is 5.32 Å². The number of hydrogen-bond donors (Lipinski definition) is 1. The van der Waals surface area contributed by atoms with E-state index in [0.29, 0.717) is 0 Å². The summed E-state index contributed by atoms with van der Waals surface area (Å²) >= 11 is 0. The van der Waals surface area contributed by atoms with Crippen LogP contribution >= 0.6 is 0 Å². The Hall–Kier alpha value is -2.13. The van der Waals surface area contributed by atoms with Crippen molar-refractivity contribution in [1.29, 1.82) is 0 Å². The summed E-state index contributed by atoms with van der Waals surface area (Å²) in [6.45, 7) is 6.61. The standard InChI is InChI=1S/C24H31NO2/c1-23(2,3)27-22(26)24(17-19-11-6-4-7-12-19)16-10-15-21(24)25-18-20-13-8-5-9-14-20/h4-9,11-14,21,25H,10,15-18H2,1-3H3/t21-,24+/m1/s1. The normalized spacial score (nSPS) is 22.6. The monoisotopic (exact) mass is 365 g/mol. The number of nitrogens with one attached hydrogen (secondary N) is 1. The zero-order valence-corrected chi connectivity index (χ0v) is 16.7. The van der Waals surface area contributed by atoms with Crippen LogP contribution in [0.2, 0.25) is 0 Å². The van der Waals surface area contributed by atoms with Gasteiger partial charge >= 0.3 is 5.97 Å². The van der Waals surface area contributed by atoms with Gasteiger partial charge in [-0.25, -0.2) is 0 Å². The molecule has 0 spiro atoms. The van der Waals surface area contributed by atoms with Crippen LogP contribution in [0.25, 0.3) is 0 Å². The van der Waals surface area contributed by atoms with E-state index in [-0.39, 0.29) is 12.0 Å². The van der Waals surface area contributed by atoms with Crippen molar-refractivity contribution >= 4 is 5.97 Å². The third kappa shape index (κ3) is 4.98. The molecule has 3 rings (SSSR count). The van der Waals surface area contributed by atoms with Crippen LogP contribution in [-0.2, 0) is 22.5 Å². The fourth-order valence-electron chi connectivity index (χ4n) is 4.07. The Labute approximate surface area is 163 Å². The Bertz CT molecular complexity index is 736. The zero-order chi connectivity index (χ0) is 19.3. The zero-order valence-electron chi connectivity index (χ0n) is 16.7. The van der Waals surface area contributed by atoms with Gasteiger partial charge in [-0.05, 0) is 51.2 Å². The molecule has 2 aromatic carbocycles. The van der Waals surface area contributed by atoms with E-state index in [2.05, 4.69) is 41.7 Å². The van der Waals surface area contributed by atoms with Crippen LogP contribution in [0.15, 0.2) is 60.7 Å². The van der Waals surface area contributed by atoms with E-state index in [1.54, 1.807) is 0 Å². The van der Waals surface area contributed by atoms with Gasteiger partial charge in [-0.1, -0.05) is 67.1 Å². The van der Waals surface area contributed by atoms with Gasteiger partial charge in [-0.3, -0.25) is 4.79 Å². The van der Waals surface area contributed by atoms with E-state index < -0.39 is 11.0 Å². The lowest BCUT2D eigenvalue weighted by Gasteiger charge is -2.36. The van der Waals surface area contributed by atoms with Crippen molar-refractivity contribution in [3.63, 3.8) is 0 Å². The number of carbonyl (C=O) groups is 1. The van der Waals surface area contributed by atoms with Gasteiger partial charge in [0, 0.05) is 12.6 Å². The first kappa shape index (κ1) is 19.6. The number of benzene rings is 2. The lowest BCUT2D eigenvalue weighted by molar-refractivity contribution is -0.168. The van der Waals surface area contributed by atoms with Crippen molar-refractivity contribution < 1.29 is 9.53 Å². The van der Waals surface area contributed by atoms with Crippen molar-refractivity contribution in [3.8, 4) is 0 Å². The minimum Gasteiger partial charge on any atom is -0.459 e. The molecule has 0 heterocycles. The molecule has 3 nitrogen and oxygen atoms in total. The highest BCUT2D eigenvalue weighted by atomic mass is 16.6. The highest BCUT2D eigenvalue weighted by Crippen LogP contribution is 2.43. The second-order valence-corrected chi connectivity index (χ2v) is 8.63. The number of ether oxygens (including phenoxy) is 1. The third-order valence-electron chi connectivity index (χ3n) is 5.35. The van der Waals surface area contributed by atoms with Crippen molar-refractivity contribution in [3.05, 3.63) is 71.8 Å². The average Bonchev–Trinajstić information content (AvgIpc) is 3.04. The molecule has 1 fully saturated rings. The fourth-order valence-corrected chi connectivity index (χ4v) is 4.07. The molecule has 0 amide bonds. The van der Waals surface area contributed by atoms with Crippen LogP contribution in [-0.4, -0.2) is 17.6 Å². The highest BCUT2D eigenvalue weighted by molar-refractivity contribution is 5.79. The van der Waals surface area contributed by atoms with Crippen LogP contribution in [0, 0.1) is 5.41 Å². The van der Waals surface area contributed by atoms with E-state index in [1.165, 1.54) is 11.1 Å². The summed E-state index contributed by atoms with van der Waals surface area (Å²) in [7, 11) is 0. The summed E-state index contributed by atoms with van der Waals surface area (Å²) in [4.78, 5) is 13.3. The molecule has 2 aromatic rings. The molecule has 1 saturated carbocycles. The predicted molar refractivity (Wildman–Crippen MR) is 109 cm³/mol. The molecular formula is C24H31NO2. The lowest BCUT2D eigenvalue weighted by Crippen LogP contribution is -2.50. The quantitative estimate of drug-likeness (QED) is 0.740. The van der Waals surface area contributed by atoms with E-state index >= 15 is 0 Å². The average molecular weight is 366 g/mol. The van der Waals surface area contributed by atoms with Gasteiger partial charge in [0.15, 0.2) is 0 Å². The molecule has 144 valence electrons. The summed E-state index contributed by atoms with van der Waals surface area (Å²) in [6, 6.07) is 20.8. The predicted octanol–water partition coefficient (Wildman–Crippen LogP) is 4.90. The Kier molecular flexibility index (Phi) is 6.01. The maximum absolute atomic E-state index is 13.3. The Balaban J connectivity index is 1.84. The first-order valence-electron chi connectivity index (χ1n) is 9.94. The van der Waals surface area contributed by atoms with Gasteiger partial charge in [0.05, 0.1) is 5.41 Å². The molecule has 0 aromatic heterocycles. The first-order chi connectivity index (χ1) is 12.9. The molecule has 0 unspecified atom stereocenters. The molecule has 2 atom stereocenters. The van der Waals surface area contributed by atoms with Gasteiger partial charge in [-0.2, -0.15) is 0 Å². The van der Waals surface area contributed by atoms with Crippen LogP contribution in [0.4, 0.5) is 0 Å². The maximum atomic E-state index is 13.3. The van der Waals surface area contributed by atoms with Gasteiger partial charge in [0.25, 0.3) is 0 Å². The minimum atomic E-state index is -0.511. The Morgan fingerprint density at radius 1 is 1.04 bits per heavy atom. The number of esters is 1. The molecule has 0 bridgehead atoms. The fraction of sp³-hybridized carbons (Fsp3) is 0.458. The summed E-state index contributed by atoms with van der Waals surface area (Å²) < 4.78 is 5.90. The van der Waals surface area contributed by atoms with Gasteiger partial charge in [-0.15, -0.1) is 0 Å². The Morgan fingerprint density at radius 2 is 1.63 bits per heavy atom. The smallest absolute Gasteiger partial charge is 0.314 e. The Morgan fingerprint density at radius 3 is 2.22 bits per heavy atom. The van der Waals surface area contributed by atoms with Crippen molar-refractivity contribution in [2.45, 2.75) is 64.6 Å². The molecule has 0 aliphatic heterocycles. The molecule has 27 heavy (non-hydrogen) atoms. The molecular weight excluding hydrogens is 334 g/mol. The molecule has 1 aliphatic rings. The molecule has 3 heteroatoms. The largest absolute Gasteiger partial charge is 0.459 e.